The van der Waals surface area contributed by atoms with E-state index >= 15 is 0 Å². The SMILES string of the molecule is CC(C)(CO)C1OCC(CO)(CO)CO1.CC(C)(CO)COCC(CO)(CO)CO.[H+]. The lowest BCUT2D eigenvalue weighted by Gasteiger charge is -2.42. The maximum absolute atomic E-state index is 9.13. The third-order valence-corrected chi connectivity index (χ3v) is 5.13. The molecule has 7 N–H and O–H groups in total. The van der Waals surface area contributed by atoms with Crippen LogP contribution in [0.25, 0.3) is 0 Å². The van der Waals surface area contributed by atoms with E-state index in [0.717, 1.165) is 0 Å². The van der Waals surface area contributed by atoms with Gasteiger partial charge in [0, 0.05) is 10.8 Å². The Bertz CT molecular complexity index is 420. The Labute approximate surface area is 180 Å². The van der Waals surface area contributed by atoms with Crippen LogP contribution in [-0.4, -0.2) is 115 Å². The molecule has 0 aromatic rings. The van der Waals surface area contributed by atoms with E-state index in [4.69, 9.17) is 50.0 Å². The average Bonchev–Trinajstić information content (AvgIpc) is 2.77. The lowest BCUT2D eigenvalue weighted by atomic mass is 9.88. The first-order chi connectivity index (χ1) is 13.9. The third kappa shape index (κ3) is 8.99. The van der Waals surface area contributed by atoms with E-state index < -0.39 is 22.5 Å². The summed E-state index contributed by atoms with van der Waals surface area (Å²) < 4.78 is 16.1. The maximum Gasteiger partial charge on any atom is 1.00 e. The molecule has 0 spiro atoms. The second-order valence-electron chi connectivity index (χ2n) is 9.71. The Morgan fingerprint density at radius 3 is 1.57 bits per heavy atom. The van der Waals surface area contributed by atoms with Crippen LogP contribution in [0.5, 0.6) is 0 Å². The van der Waals surface area contributed by atoms with Crippen molar-refractivity contribution in [1.82, 2.24) is 0 Å². The predicted molar refractivity (Wildman–Crippen MR) is 110 cm³/mol. The van der Waals surface area contributed by atoms with Crippen LogP contribution < -0.4 is 0 Å². The van der Waals surface area contributed by atoms with Gasteiger partial charge >= 0.3 is 1.43 Å². The molecule has 0 aromatic carbocycles. The largest absolute Gasteiger partial charge is 1.00 e. The normalized spacial score (nSPS) is 18.1. The summed E-state index contributed by atoms with van der Waals surface area (Å²) in [5, 5.41) is 63.4. The summed E-state index contributed by atoms with van der Waals surface area (Å²) in [4.78, 5) is 0. The van der Waals surface area contributed by atoms with Gasteiger partial charge in [0.2, 0.25) is 0 Å². The monoisotopic (exact) mass is 443 g/mol. The Morgan fingerprint density at radius 2 is 1.23 bits per heavy atom. The van der Waals surface area contributed by atoms with Crippen molar-refractivity contribution in [2.75, 3.05) is 72.7 Å². The van der Waals surface area contributed by atoms with Gasteiger partial charge in [0.05, 0.1) is 83.5 Å². The first kappa shape index (κ1) is 29.6. The second kappa shape index (κ2) is 13.2. The smallest absolute Gasteiger partial charge is 0.396 e. The lowest BCUT2D eigenvalue weighted by Crippen LogP contribution is -2.51. The van der Waals surface area contributed by atoms with Crippen molar-refractivity contribution in [2.45, 2.75) is 34.0 Å². The van der Waals surface area contributed by atoms with Crippen molar-refractivity contribution >= 4 is 0 Å². The quantitative estimate of drug-likeness (QED) is 0.187. The molecule has 1 rings (SSSR count). The minimum absolute atomic E-state index is 0. The number of ether oxygens (including phenoxy) is 3. The van der Waals surface area contributed by atoms with Gasteiger partial charge in [-0.05, 0) is 0 Å². The highest BCUT2D eigenvalue weighted by atomic mass is 16.7. The van der Waals surface area contributed by atoms with Crippen molar-refractivity contribution in [1.29, 1.82) is 0 Å². The molecule has 182 valence electrons. The van der Waals surface area contributed by atoms with Gasteiger partial charge in [0.1, 0.15) is 0 Å². The van der Waals surface area contributed by atoms with Gasteiger partial charge in [-0.1, -0.05) is 27.7 Å². The Kier molecular flexibility index (Phi) is 13.0. The maximum atomic E-state index is 9.13. The number of hydrogen-bond donors (Lipinski definition) is 7. The molecule has 1 saturated heterocycles. The molecule has 10 nitrogen and oxygen atoms in total. The van der Waals surface area contributed by atoms with Crippen LogP contribution in [0.3, 0.4) is 0 Å². The Morgan fingerprint density at radius 1 is 0.767 bits per heavy atom. The van der Waals surface area contributed by atoms with E-state index in [9.17, 15) is 0 Å². The molecule has 0 aliphatic carbocycles. The van der Waals surface area contributed by atoms with E-state index in [2.05, 4.69) is 0 Å². The summed E-state index contributed by atoms with van der Waals surface area (Å²) in [6.45, 7) is 6.83. The van der Waals surface area contributed by atoms with Gasteiger partial charge in [-0.3, -0.25) is 0 Å². The van der Waals surface area contributed by atoms with Gasteiger partial charge < -0.3 is 50.0 Å². The molecule has 1 fully saturated rings. The van der Waals surface area contributed by atoms with Crippen LogP contribution >= 0.6 is 0 Å². The van der Waals surface area contributed by atoms with Crippen LogP contribution in [0.1, 0.15) is 29.1 Å². The number of aliphatic hydroxyl groups excluding tert-OH is 7. The molecule has 0 unspecified atom stereocenters. The Hall–Kier alpha value is -0.400. The van der Waals surface area contributed by atoms with Crippen molar-refractivity contribution in [2.24, 2.45) is 21.7 Å². The molecule has 0 radical (unpaired) electrons. The molecule has 1 heterocycles. The highest BCUT2D eigenvalue weighted by Gasteiger charge is 2.41. The first-order valence-electron chi connectivity index (χ1n) is 10.0. The topological polar surface area (TPSA) is 169 Å². The van der Waals surface area contributed by atoms with Gasteiger partial charge in [-0.25, -0.2) is 0 Å². The molecule has 0 aromatic heterocycles. The summed E-state index contributed by atoms with van der Waals surface area (Å²) in [6.07, 6.45) is -0.492. The Balaban J connectivity index is 0. The standard InChI is InChI=1S/C10H20O5.C10H22O5/c1-9(2,3-11)8-14-6-10(4-12,5-13)7-15-8;1-9(2,3-11)7-15-8-10(4-12,5-13)6-14/h8,11-13H,3-7H2,1-2H3;11-14H,3-8H2,1-2H3/p+1. The summed E-state index contributed by atoms with van der Waals surface area (Å²) in [5.41, 5.74) is -2.53. The molecule has 10 heteroatoms. The zero-order chi connectivity index (χ0) is 23.5. The van der Waals surface area contributed by atoms with Crippen LogP contribution in [0.2, 0.25) is 0 Å². The predicted octanol–water partition coefficient (Wildman–Crippen LogP) is -1.55. The molecule has 1 aliphatic heterocycles. The van der Waals surface area contributed by atoms with E-state index in [1.165, 1.54) is 0 Å². The van der Waals surface area contributed by atoms with E-state index in [1.54, 1.807) is 0 Å². The fourth-order valence-corrected chi connectivity index (χ4v) is 2.23. The molecular weight excluding hydrogens is 400 g/mol. The minimum atomic E-state index is -0.995. The average molecular weight is 444 g/mol. The third-order valence-electron chi connectivity index (χ3n) is 5.13. The van der Waals surface area contributed by atoms with Crippen LogP contribution in [0.4, 0.5) is 0 Å². The fourth-order valence-electron chi connectivity index (χ4n) is 2.23. The van der Waals surface area contributed by atoms with Gasteiger partial charge in [-0.2, -0.15) is 0 Å². The highest BCUT2D eigenvalue weighted by Crippen LogP contribution is 2.32. The second-order valence-corrected chi connectivity index (χ2v) is 9.71. The van der Waals surface area contributed by atoms with Crippen LogP contribution in [0, 0.1) is 21.7 Å². The molecule has 0 atom stereocenters. The molecule has 1 aliphatic rings. The highest BCUT2D eigenvalue weighted by molar-refractivity contribution is 4.84. The fraction of sp³-hybridized carbons (Fsp3) is 1.00. The summed E-state index contributed by atoms with van der Waals surface area (Å²) in [7, 11) is 0. The zero-order valence-corrected chi connectivity index (χ0v) is 18.7. The van der Waals surface area contributed by atoms with Crippen molar-refractivity contribution in [3.63, 3.8) is 0 Å². The van der Waals surface area contributed by atoms with Crippen LogP contribution in [-0.2, 0) is 14.2 Å². The van der Waals surface area contributed by atoms with E-state index in [-0.39, 0.29) is 72.9 Å². The molecule has 0 saturated carbocycles. The van der Waals surface area contributed by atoms with Gasteiger partial charge in [0.15, 0.2) is 6.29 Å². The summed E-state index contributed by atoms with van der Waals surface area (Å²) in [5.74, 6) is 0. The number of aliphatic hydroxyl groups is 7. The number of hydrogen-bond acceptors (Lipinski definition) is 10. The van der Waals surface area contributed by atoms with Crippen molar-refractivity contribution < 1.29 is 51.4 Å². The van der Waals surface area contributed by atoms with Gasteiger partial charge in [0.25, 0.3) is 0 Å². The van der Waals surface area contributed by atoms with Crippen LogP contribution in [0.15, 0.2) is 0 Å². The number of rotatable bonds is 12. The summed E-state index contributed by atoms with van der Waals surface area (Å²) in [6, 6.07) is 0. The molecule has 0 bridgehead atoms. The molecular formula is C20H43O10+. The summed E-state index contributed by atoms with van der Waals surface area (Å²) >= 11 is 0. The lowest BCUT2D eigenvalue weighted by molar-refractivity contribution is -0.283. The molecule has 30 heavy (non-hydrogen) atoms. The van der Waals surface area contributed by atoms with E-state index in [1.807, 2.05) is 27.7 Å². The first-order valence-corrected chi connectivity index (χ1v) is 10.0. The minimum Gasteiger partial charge on any atom is -0.396 e. The zero-order valence-electron chi connectivity index (χ0n) is 19.7. The van der Waals surface area contributed by atoms with Gasteiger partial charge in [-0.15, -0.1) is 0 Å². The van der Waals surface area contributed by atoms with Crippen molar-refractivity contribution in [3.8, 4) is 0 Å². The van der Waals surface area contributed by atoms with E-state index in [0.29, 0.717) is 6.61 Å². The van der Waals surface area contributed by atoms with Crippen molar-refractivity contribution in [3.05, 3.63) is 0 Å². The molecule has 0 amide bonds.